The summed E-state index contributed by atoms with van der Waals surface area (Å²) in [7, 11) is 3.77. The molecule has 0 aromatic heterocycles. The van der Waals surface area contributed by atoms with Gasteiger partial charge in [-0.25, -0.2) is 4.39 Å². The lowest BCUT2D eigenvalue weighted by atomic mass is 9.78. The number of rotatable bonds is 28. The standard InChI is InChI=1S/C61H101FN10O9/c1-36(2)31-46(51(74)66-48(33-38(5)6)53(76)69-61(12,13)58(81)70-60(10,11)56(79)63-39(7)34-71(14)15)67-57(80)59(8,9)68-52(75)47(32-37(3)4)65-50(73)45(30-25-40-21-17-16-18-22-40)64-54(77)49-44-24-20-19-23-42(44)35-72(49)55(78)41-26-28-43(62)29-27-41/h26-29,36-40,42,44-49H,16-25,30-35H2,1-15H3,(H,63,79)(H,64,77)(H,65,73)(H,66,74)(H,67,80)(H,68,75)(H,69,76)(H,70,81)/t39?,42?,44?,45-,46-,47-,48-,49-/m0/s1. The van der Waals surface area contributed by atoms with Crippen molar-refractivity contribution in [2.24, 2.45) is 35.5 Å². The van der Waals surface area contributed by atoms with Gasteiger partial charge in [0.25, 0.3) is 5.91 Å². The molecular formula is C61H101FN10O9. The number of nitrogens with zero attached hydrogens (tertiary/aromatic N) is 2. The molecule has 81 heavy (non-hydrogen) atoms. The zero-order valence-electron chi connectivity index (χ0n) is 51.5. The molecule has 3 fully saturated rings. The lowest BCUT2D eigenvalue weighted by Crippen LogP contribution is -2.65. The van der Waals surface area contributed by atoms with Crippen molar-refractivity contribution in [3.63, 3.8) is 0 Å². The zero-order chi connectivity index (χ0) is 60.7. The minimum atomic E-state index is -1.64. The molecule has 20 heteroatoms. The quantitative estimate of drug-likeness (QED) is 0.0512. The van der Waals surface area contributed by atoms with Crippen LogP contribution < -0.4 is 42.5 Å². The van der Waals surface area contributed by atoms with Gasteiger partial charge in [-0.3, -0.25) is 43.2 Å². The molecule has 0 radical (unpaired) electrons. The third-order valence-corrected chi connectivity index (χ3v) is 16.0. The molecule has 8 atom stereocenters. The van der Waals surface area contributed by atoms with Gasteiger partial charge in [-0.05, 0) is 167 Å². The summed E-state index contributed by atoms with van der Waals surface area (Å²) in [5.74, 6) is -5.52. The number of benzene rings is 1. The van der Waals surface area contributed by atoms with Crippen LogP contribution in [0, 0.1) is 41.3 Å². The number of hydrogen-bond donors (Lipinski definition) is 8. The number of likely N-dealkylation sites (tertiary alicyclic amines) is 1. The second kappa shape index (κ2) is 30.1. The van der Waals surface area contributed by atoms with Gasteiger partial charge in [0, 0.05) is 24.7 Å². The highest BCUT2D eigenvalue weighted by Gasteiger charge is 2.49. The van der Waals surface area contributed by atoms with Crippen molar-refractivity contribution >= 4 is 53.2 Å². The molecule has 4 rings (SSSR count). The summed E-state index contributed by atoms with van der Waals surface area (Å²) >= 11 is 0. The second-order valence-electron chi connectivity index (χ2n) is 26.7. The van der Waals surface area contributed by atoms with Crippen molar-refractivity contribution in [3.8, 4) is 0 Å². The monoisotopic (exact) mass is 1140 g/mol. The summed E-state index contributed by atoms with van der Waals surface area (Å²) < 4.78 is 13.9. The summed E-state index contributed by atoms with van der Waals surface area (Å²) in [4.78, 5) is 131. The third-order valence-electron chi connectivity index (χ3n) is 16.0. The molecule has 1 aromatic carbocycles. The lowest BCUT2D eigenvalue weighted by molar-refractivity contribution is -0.139. The normalized spacial score (nSPS) is 19.9. The third kappa shape index (κ3) is 20.6. The predicted octanol–water partition coefficient (Wildman–Crippen LogP) is 5.65. The van der Waals surface area contributed by atoms with Crippen LogP contribution in [0.5, 0.6) is 0 Å². The van der Waals surface area contributed by atoms with E-state index in [1.54, 1.807) is 18.7 Å². The first-order valence-corrected chi connectivity index (χ1v) is 29.9. The van der Waals surface area contributed by atoms with E-state index in [4.69, 9.17) is 0 Å². The zero-order valence-corrected chi connectivity index (χ0v) is 51.5. The van der Waals surface area contributed by atoms with Gasteiger partial charge in [-0.1, -0.05) is 86.5 Å². The van der Waals surface area contributed by atoms with Crippen molar-refractivity contribution in [1.29, 1.82) is 0 Å². The van der Waals surface area contributed by atoms with Crippen molar-refractivity contribution in [2.75, 3.05) is 27.2 Å². The molecule has 19 nitrogen and oxygen atoms in total. The SMILES string of the molecule is CC(C)C[C@H](NC(=O)[C@H](CCC1CCCCC1)NC(=O)[C@@H]1C2CCCCC2CN1C(=O)c1ccc(F)cc1)C(=O)NC(C)(C)C(=O)N[C@@H](CC(C)C)C(=O)N[C@@H](CC(C)C)C(=O)NC(C)(C)C(=O)NC(C)(C)C(=O)NC(C)CN(C)C. The number of amides is 9. The molecule has 2 saturated carbocycles. The van der Waals surface area contributed by atoms with E-state index in [9.17, 15) is 47.5 Å². The van der Waals surface area contributed by atoms with Crippen LogP contribution in [0.3, 0.4) is 0 Å². The molecule has 456 valence electrons. The maximum absolute atomic E-state index is 14.7. The van der Waals surface area contributed by atoms with Crippen LogP contribution in [0.2, 0.25) is 0 Å². The summed E-state index contributed by atoms with van der Waals surface area (Å²) in [6.07, 6.45) is 10.3. The van der Waals surface area contributed by atoms with Gasteiger partial charge in [0.15, 0.2) is 0 Å². The van der Waals surface area contributed by atoms with Crippen molar-refractivity contribution in [3.05, 3.63) is 35.6 Å². The topological polar surface area (TPSA) is 256 Å². The number of likely N-dealkylation sites (N-methyl/N-ethyl adjacent to an activating group) is 1. The highest BCUT2D eigenvalue weighted by atomic mass is 19.1. The largest absolute Gasteiger partial charge is 0.350 e. The van der Waals surface area contributed by atoms with E-state index in [2.05, 4.69) is 42.5 Å². The Bertz CT molecular complexity index is 2330. The van der Waals surface area contributed by atoms with Crippen molar-refractivity contribution < 1.29 is 47.5 Å². The highest BCUT2D eigenvalue weighted by Crippen LogP contribution is 2.41. The van der Waals surface area contributed by atoms with E-state index in [1.165, 1.54) is 52.0 Å². The molecule has 8 N–H and O–H groups in total. The van der Waals surface area contributed by atoms with E-state index in [0.29, 0.717) is 31.8 Å². The smallest absolute Gasteiger partial charge is 0.254 e. The Morgan fingerprint density at radius 2 is 1.01 bits per heavy atom. The molecule has 1 heterocycles. The van der Waals surface area contributed by atoms with Crippen LogP contribution in [0.1, 0.15) is 190 Å². The van der Waals surface area contributed by atoms with Gasteiger partial charge in [0.05, 0.1) is 0 Å². The molecule has 0 spiro atoms. The van der Waals surface area contributed by atoms with E-state index in [1.807, 2.05) is 67.5 Å². The number of fused-ring (bicyclic) bond motifs is 1. The summed E-state index contributed by atoms with van der Waals surface area (Å²) in [6, 6.07) is -0.239. The number of nitrogens with one attached hydrogen (secondary N) is 8. The van der Waals surface area contributed by atoms with Crippen molar-refractivity contribution in [2.45, 2.75) is 233 Å². The first-order valence-electron chi connectivity index (χ1n) is 29.9. The Hall–Kier alpha value is -5.66. The van der Waals surface area contributed by atoms with Gasteiger partial charge in [-0.15, -0.1) is 0 Å². The fourth-order valence-corrected chi connectivity index (χ4v) is 11.6. The maximum Gasteiger partial charge on any atom is 0.254 e. The van der Waals surface area contributed by atoms with Crippen LogP contribution in [-0.2, 0) is 38.4 Å². The van der Waals surface area contributed by atoms with E-state index in [-0.39, 0.29) is 66.4 Å². The second-order valence-corrected chi connectivity index (χ2v) is 26.7. The summed E-state index contributed by atoms with van der Waals surface area (Å²) in [5, 5.41) is 22.9. The fraction of sp³-hybridized carbons (Fsp3) is 0.754. The van der Waals surface area contributed by atoms with Gasteiger partial charge >= 0.3 is 0 Å². The molecule has 1 aromatic rings. The average Bonchev–Trinajstić information content (AvgIpc) is 3.76. The molecule has 1 aliphatic heterocycles. The van der Waals surface area contributed by atoms with Gasteiger partial charge in [-0.2, -0.15) is 0 Å². The molecule has 3 unspecified atom stereocenters. The average molecular weight is 1140 g/mol. The van der Waals surface area contributed by atoms with Crippen LogP contribution in [-0.4, -0.2) is 143 Å². The van der Waals surface area contributed by atoms with Crippen LogP contribution in [0.15, 0.2) is 24.3 Å². The molecule has 9 amide bonds. The first-order chi connectivity index (χ1) is 37.7. The van der Waals surface area contributed by atoms with Crippen LogP contribution in [0.4, 0.5) is 4.39 Å². The predicted molar refractivity (Wildman–Crippen MR) is 311 cm³/mol. The summed E-state index contributed by atoms with van der Waals surface area (Å²) in [6.45, 7) is 23.2. The van der Waals surface area contributed by atoms with Crippen LogP contribution >= 0.6 is 0 Å². The molecular weight excluding hydrogens is 1040 g/mol. The molecule has 0 bridgehead atoms. The Kier molecular flexibility index (Phi) is 25.2. The van der Waals surface area contributed by atoms with Gasteiger partial charge in [0.2, 0.25) is 47.3 Å². The number of hydrogen-bond acceptors (Lipinski definition) is 10. The lowest BCUT2D eigenvalue weighted by Gasteiger charge is -2.34. The van der Waals surface area contributed by atoms with Gasteiger partial charge < -0.3 is 52.3 Å². The minimum absolute atomic E-state index is 0.0913. The Labute approximate surface area is 482 Å². The van der Waals surface area contributed by atoms with E-state index >= 15 is 0 Å². The maximum atomic E-state index is 14.7. The molecule has 1 saturated heterocycles. The van der Waals surface area contributed by atoms with Gasteiger partial charge in [0.1, 0.15) is 52.6 Å². The number of carbonyl (C=O) groups excluding carboxylic acids is 9. The highest BCUT2D eigenvalue weighted by molar-refractivity contribution is 6.01. The Morgan fingerprint density at radius 1 is 0.556 bits per heavy atom. The Morgan fingerprint density at radius 3 is 1.53 bits per heavy atom. The first kappa shape index (κ1) is 67.8. The van der Waals surface area contributed by atoms with Crippen molar-refractivity contribution in [1.82, 2.24) is 52.3 Å². The fourth-order valence-electron chi connectivity index (χ4n) is 11.6. The molecule has 3 aliphatic rings. The van der Waals surface area contributed by atoms with E-state index < -0.39 is 99.9 Å². The number of carbonyl (C=O) groups is 9. The Balaban J connectivity index is 1.50. The van der Waals surface area contributed by atoms with Crippen LogP contribution in [0.25, 0.3) is 0 Å². The summed E-state index contributed by atoms with van der Waals surface area (Å²) in [5.41, 5.74) is -4.23. The molecule has 2 aliphatic carbocycles. The van der Waals surface area contributed by atoms with E-state index in [0.717, 1.165) is 57.8 Å². The number of halogens is 1. The minimum Gasteiger partial charge on any atom is -0.350 e.